The first kappa shape index (κ1) is 16.8. The van der Waals surface area contributed by atoms with E-state index in [1.165, 1.54) is 16.7 Å². The average molecular weight is 300 g/mol. The molecule has 0 aromatic carbocycles. The number of allylic oxidation sites excluding steroid dienone is 5. The molecule has 22 heavy (non-hydrogen) atoms. The van der Waals surface area contributed by atoms with Crippen molar-refractivity contribution in [2.24, 2.45) is 5.92 Å². The molecule has 0 spiro atoms. The quantitative estimate of drug-likeness (QED) is 0.346. The molecule has 2 heteroatoms. The summed E-state index contributed by atoms with van der Waals surface area (Å²) < 4.78 is 5.51. The first-order chi connectivity index (χ1) is 10.5. The number of rotatable bonds is 0. The largest absolute Gasteiger partial charge is 0.454 e. The Balaban J connectivity index is 2.19. The minimum atomic E-state index is -0.222. The summed E-state index contributed by atoms with van der Waals surface area (Å²) in [5, 5.41) is 0. The number of carbonyl (C=O) groups is 1. The SMILES string of the molecule is C=C1C(=O)O[C@H]2/C=C(\C)CC/C=C(\C)CC/C=C(\C)CC[C@@H]12. The highest BCUT2D eigenvalue weighted by Gasteiger charge is 2.36. The number of hydrogen-bond acceptors (Lipinski definition) is 2. The van der Waals surface area contributed by atoms with Crippen LogP contribution in [0.5, 0.6) is 0 Å². The third-order valence-electron chi connectivity index (χ3n) is 4.71. The number of hydrogen-bond donors (Lipinski definition) is 0. The molecule has 0 unspecified atom stereocenters. The van der Waals surface area contributed by atoms with Crippen LogP contribution < -0.4 is 0 Å². The fourth-order valence-electron chi connectivity index (χ4n) is 3.16. The van der Waals surface area contributed by atoms with Crippen molar-refractivity contribution >= 4 is 5.97 Å². The van der Waals surface area contributed by atoms with Crippen LogP contribution in [0.3, 0.4) is 0 Å². The Hall–Kier alpha value is -1.57. The van der Waals surface area contributed by atoms with E-state index in [4.69, 9.17) is 4.74 Å². The van der Waals surface area contributed by atoms with E-state index in [9.17, 15) is 4.79 Å². The summed E-state index contributed by atoms with van der Waals surface area (Å²) in [4.78, 5) is 11.8. The minimum Gasteiger partial charge on any atom is -0.454 e. The summed E-state index contributed by atoms with van der Waals surface area (Å²) in [5.74, 6) is -0.0910. The van der Waals surface area contributed by atoms with Gasteiger partial charge in [-0.2, -0.15) is 0 Å². The van der Waals surface area contributed by atoms with Gasteiger partial charge in [0.25, 0.3) is 0 Å². The van der Waals surface area contributed by atoms with Crippen LogP contribution in [0, 0.1) is 5.92 Å². The van der Waals surface area contributed by atoms with Crippen LogP contribution in [-0.4, -0.2) is 12.1 Å². The second-order valence-corrected chi connectivity index (χ2v) is 6.73. The third-order valence-corrected chi connectivity index (χ3v) is 4.71. The summed E-state index contributed by atoms with van der Waals surface area (Å²) in [6.45, 7) is 10.5. The molecule has 1 fully saturated rings. The zero-order chi connectivity index (χ0) is 16.1. The molecule has 2 atom stereocenters. The van der Waals surface area contributed by atoms with Gasteiger partial charge in [-0.3, -0.25) is 0 Å². The molecule has 0 aromatic rings. The van der Waals surface area contributed by atoms with Crippen molar-refractivity contribution in [2.45, 2.75) is 65.4 Å². The first-order valence-electron chi connectivity index (χ1n) is 8.35. The van der Waals surface area contributed by atoms with Crippen molar-refractivity contribution in [1.29, 1.82) is 0 Å². The predicted molar refractivity (Wildman–Crippen MR) is 91.5 cm³/mol. The first-order valence-corrected chi connectivity index (χ1v) is 8.35. The molecule has 0 N–H and O–H groups in total. The molecule has 2 aliphatic rings. The average Bonchev–Trinajstić information content (AvgIpc) is 2.71. The monoisotopic (exact) mass is 300 g/mol. The van der Waals surface area contributed by atoms with Crippen molar-refractivity contribution < 1.29 is 9.53 Å². The highest BCUT2D eigenvalue weighted by molar-refractivity contribution is 5.91. The maximum Gasteiger partial charge on any atom is 0.334 e. The lowest BCUT2D eigenvalue weighted by atomic mass is 9.89. The molecule has 0 bridgehead atoms. The van der Waals surface area contributed by atoms with Gasteiger partial charge in [0.05, 0.1) is 0 Å². The van der Waals surface area contributed by atoms with Crippen molar-refractivity contribution in [3.63, 3.8) is 0 Å². The zero-order valence-corrected chi connectivity index (χ0v) is 14.2. The highest BCUT2D eigenvalue weighted by atomic mass is 16.5. The van der Waals surface area contributed by atoms with E-state index >= 15 is 0 Å². The van der Waals surface area contributed by atoms with Crippen LogP contribution in [0.15, 0.2) is 47.1 Å². The van der Waals surface area contributed by atoms with Gasteiger partial charge in [-0.15, -0.1) is 0 Å². The van der Waals surface area contributed by atoms with Gasteiger partial charge in [-0.1, -0.05) is 35.5 Å². The second-order valence-electron chi connectivity index (χ2n) is 6.73. The molecule has 0 aromatic heterocycles. The third kappa shape index (κ3) is 4.46. The van der Waals surface area contributed by atoms with Crippen molar-refractivity contribution in [3.8, 4) is 0 Å². The molecule has 2 rings (SSSR count). The lowest BCUT2D eigenvalue weighted by Gasteiger charge is -2.16. The van der Waals surface area contributed by atoms with Crippen LogP contribution >= 0.6 is 0 Å². The van der Waals surface area contributed by atoms with Gasteiger partial charge in [-0.05, 0) is 65.4 Å². The second kappa shape index (κ2) is 7.62. The van der Waals surface area contributed by atoms with E-state index in [1.807, 2.05) is 0 Å². The Labute approximate surface area is 134 Å². The fourth-order valence-corrected chi connectivity index (χ4v) is 3.16. The molecule has 1 aliphatic heterocycles. The Morgan fingerprint density at radius 3 is 2.27 bits per heavy atom. The maximum atomic E-state index is 11.8. The van der Waals surface area contributed by atoms with E-state index < -0.39 is 0 Å². The van der Waals surface area contributed by atoms with Crippen molar-refractivity contribution in [2.75, 3.05) is 0 Å². The van der Waals surface area contributed by atoms with E-state index in [-0.39, 0.29) is 18.0 Å². The van der Waals surface area contributed by atoms with Gasteiger partial charge in [0.15, 0.2) is 0 Å². The predicted octanol–water partition coefficient (Wildman–Crippen LogP) is 5.28. The van der Waals surface area contributed by atoms with Crippen LogP contribution in [0.25, 0.3) is 0 Å². The van der Waals surface area contributed by atoms with E-state index in [1.54, 1.807) is 0 Å². The van der Waals surface area contributed by atoms with E-state index in [0.717, 1.165) is 38.5 Å². The van der Waals surface area contributed by atoms with Gasteiger partial charge in [-0.25, -0.2) is 4.79 Å². The molecule has 1 saturated heterocycles. The van der Waals surface area contributed by atoms with E-state index in [0.29, 0.717) is 5.57 Å². The van der Waals surface area contributed by atoms with Crippen LogP contribution in [0.1, 0.15) is 59.3 Å². The number of carbonyl (C=O) groups excluding carboxylic acids is 1. The molecular weight excluding hydrogens is 272 g/mol. The van der Waals surface area contributed by atoms with Crippen LogP contribution in [0.4, 0.5) is 0 Å². The Kier molecular flexibility index (Phi) is 5.82. The number of esters is 1. The standard InChI is InChI=1S/C20H28O2/c1-14-7-5-9-15(2)11-12-18-17(4)20(21)22-19(18)13-16(3)10-6-8-14/h8-9,13,18-19H,4-7,10-12H2,1-3H3/b14-8+,15-9+,16-13+/t18-,19-/m0/s1. The zero-order valence-electron chi connectivity index (χ0n) is 14.2. The normalized spacial score (nSPS) is 35.1. The molecule has 0 amide bonds. The maximum absolute atomic E-state index is 11.8. The van der Waals surface area contributed by atoms with Gasteiger partial charge in [0.2, 0.25) is 0 Å². The molecule has 0 radical (unpaired) electrons. The van der Waals surface area contributed by atoms with Crippen molar-refractivity contribution in [1.82, 2.24) is 0 Å². The topological polar surface area (TPSA) is 26.3 Å². The minimum absolute atomic E-state index is 0.124. The summed E-state index contributed by atoms with van der Waals surface area (Å²) in [5.41, 5.74) is 4.81. The summed E-state index contributed by atoms with van der Waals surface area (Å²) in [6, 6.07) is 0. The highest BCUT2D eigenvalue weighted by Crippen LogP contribution is 2.33. The summed E-state index contributed by atoms with van der Waals surface area (Å²) in [7, 11) is 0. The Morgan fingerprint density at radius 1 is 1.00 bits per heavy atom. The molecule has 1 aliphatic carbocycles. The van der Waals surface area contributed by atoms with E-state index in [2.05, 4.69) is 45.6 Å². The fraction of sp³-hybridized carbons (Fsp3) is 0.550. The summed E-state index contributed by atoms with van der Waals surface area (Å²) >= 11 is 0. The van der Waals surface area contributed by atoms with Gasteiger partial charge < -0.3 is 4.74 Å². The number of ether oxygens (including phenoxy) is 1. The summed E-state index contributed by atoms with van der Waals surface area (Å²) in [6.07, 6.45) is 13.0. The van der Waals surface area contributed by atoms with Gasteiger partial charge >= 0.3 is 5.97 Å². The van der Waals surface area contributed by atoms with Gasteiger partial charge in [0, 0.05) is 11.5 Å². The molecule has 0 saturated carbocycles. The Morgan fingerprint density at radius 2 is 1.59 bits per heavy atom. The molecule has 2 nitrogen and oxygen atoms in total. The molecule has 120 valence electrons. The molecular formula is C20H28O2. The van der Waals surface area contributed by atoms with Crippen molar-refractivity contribution in [3.05, 3.63) is 47.1 Å². The lowest BCUT2D eigenvalue weighted by Crippen LogP contribution is -2.14. The lowest BCUT2D eigenvalue weighted by molar-refractivity contribution is -0.137. The van der Waals surface area contributed by atoms with Crippen LogP contribution in [0.2, 0.25) is 0 Å². The Bertz CT molecular complexity index is 534. The molecule has 1 heterocycles. The smallest absolute Gasteiger partial charge is 0.334 e. The van der Waals surface area contributed by atoms with Gasteiger partial charge in [0.1, 0.15) is 6.10 Å². The van der Waals surface area contributed by atoms with Crippen LogP contribution in [-0.2, 0) is 9.53 Å². The number of fused-ring (bicyclic) bond motifs is 1.